The van der Waals surface area contributed by atoms with E-state index in [1.807, 2.05) is 0 Å². The van der Waals surface area contributed by atoms with Gasteiger partial charge < -0.3 is 10.4 Å². The summed E-state index contributed by atoms with van der Waals surface area (Å²) in [7, 11) is -3.29. The van der Waals surface area contributed by atoms with Gasteiger partial charge in [-0.3, -0.25) is 9.52 Å². The Labute approximate surface area is 106 Å². The van der Waals surface area contributed by atoms with Crippen molar-refractivity contribution in [3.05, 3.63) is 24.3 Å². The molecule has 0 atom stereocenters. The second kappa shape index (κ2) is 6.36. The number of sulfonamides is 1. The summed E-state index contributed by atoms with van der Waals surface area (Å²) in [5, 5.41) is 11.2. The molecule has 0 spiro atoms. The Balaban J connectivity index is 2.58. The third kappa shape index (κ3) is 5.65. The normalized spacial score (nSPS) is 11.0. The molecule has 6 nitrogen and oxygen atoms in total. The summed E-state index contributed by atoms with van der Waals surface area (Å²) >= 11 is 0. The fraction of sp³-hybridized carbons (Fsp3) is 0.364. The van der Waals surface area contributed by atoms with Gasteiger partial charge in [-0.2, -0.15) is 0 Å². The largest absolute Gasteiger partial charge is 0.396 e. The smallest absolute Gasteiger partial charge is 0.229 e. The van der Waals surface area contributed by atoms with E-state index in [-0.39, 0.29) is 18.9 Å². The van der Waals surface area contributed by atoms with Crippen LogP contribution in [-0.4, -0.2) is 32.3 Å². The van der Waals surface area contributed by atoms with Gasteiger partial charge in [0, 0.05) is 24.4 Å². The number of hydrogen-bond donors (Lipinski definition) is 3. The van der Waals surface area contributed by atoms with Crippen molar-refractivity contribution in [2.24, 2.45) is 0 Å². The Morgan fingerprint density at radius 2 is 1.78 bits per heavy atom. The highest BCUT2D eigenvalue weighted by Crippen LogP contribution is 2.14. The highest BCUT2D eigenvalue weighted by atomic mass is 32.2. The fourth-order valence-electron chi connectivity index (χ4n) is 1.30. The Morgan fingerprint density at radius 1 is 1.22 bits per heavy atom. The first kappa shape index (κ1) is 14.5. The summed E-state index contributed by atoms with van der Waals surface area (Å²) in [4.78, 5) is 11.4. The highest BCUT2D eigenvalue weighted by molar-refractivity contribution is 7.92. The maximum atomic E-state index is 11.4. The number of aliphatic hydroxyl groups is 1. The molecule has 0 aliphatic heterocycles. The molecule has 1 amide bonds. The number of carbonyl (C=O) groups is 1. The average molecular weight is 272 g/mol. The van der Waals surface area contributed by atoms with Gasteiger partial charge >= 0.3 is 0 Å². The van der Waals surface area contributed by atoms with Crippen molar-refractivity contribution in [1.29, 1.82) is 0 Å². The van der Waals surface area contributed by atoms with Gasteiger partial charge in [-0.05, 0) is 30.7 Å². The molecule has 0 bridgehead atoms. The molecule has 0 fully saturated rings. The number of hydrogen-bond acceptors (Lipinski definition) is 4. The van der Waals surface area contributed by atoms with Crippen LogP contribution in [0.15, 0.2) is 24.3 Å². The number of aliphatic hydroxyl groups excluding tert-OH is 1. The number of anilines is 2. The van der Waals surface area contributed by atoms with Crippen LogP contribution in [0.5, 0.6) is 0 Å². The maximum absolute atomic E-state index is 11.4. The number of amides is 1. The van der Waals surface area contributed by atoms with Gasteiger partial charge in [0.25, 0.3) is 0 Å². The van der Waals surface area contributed by atoms with Crippen molar-refractivity contribution in [3.8, 4) is 0 Å². The minimum Gasteiger partial charge on any atom is -0.396 e. The predicted octanol–water partition coefficient (Wildman–Crippen LogP) is 0.769. The fourth-order valence-corrected chi connectivity index (χ4v) is 1.86. The van der Waals surface area contributed by atoms with E-state index in [0.29, 0.717) is 17.8 Å². The molecule has 0 aliphatic carbocycles. The van der Waals surface area contributed by atoms with E-state index in [4.69, 9.17) is 5.11 Å². The predicted molar refractivity (Wildman–Crippen MR) is 69.9 cm³/mol. The lowest BCUT2D eigenvalue weighted by atomic mass is 10.2. The van der Waals surface area contributed by atoms with Crippen LogP contribution >= 0.6 is 0 Å². The first-order chi connectivity index (χ1) is 8.40. The molecule has 1 aromatic rings. The summed E-state index contributed by atoms with van der Waals surface area (Å²) < 4.78 is 24.3. The van der Waals surface area contributed by atoms with Crippen LogP contribution in [0.1, 0.15) is 12.8 Å². The first-order valence-electron chi connectivity index (χ1n) is 5.39. The molecule has 0 saturated carbocycles. The van der Waals surface area contributed by atoms with Crippen LogP contribution in [0.3, 0.4) is 0 Å². The lowest BCUT2D eigenvalue weighted by Gasteiger charge is -2.07. The van der Waals surface area contributed by atoms with Crippen molar-refractivity contribution >= 4 is 27.3 Å². The van der Waals surface area contributed by atoms with E-state index in [2.05, 4.69) is 10.0 Å². The average Bonchev–Trinajstić information content (AvgIpc) is 2.27. The number of carbonyl (C=O) groups excluding carboxylic acids is 1. The van der Waals surface area contributed by atoms with Gasteiger partial charge in [0.1, 0.15) is 0 Å². The minimum absolute atomic E-state index is 0.0232. The van der Waals surface area contributed by atoms with Crippen LogP contribution in [0, 0.1) is 0 Å². The van der Waals surface area contributed by atoms with E-state index in [0.717, 1.165) is 6.26 Å². The minimum atomic E-state index is -3.29. The summed E-state index contributed by atoms with van der Waals surface area (Å²) in [6, 6.07) is 6.32. The zero-order valence-electron chi connectivity index (χ0n) is 10.0. The molecular weight excluding hydrogens is 256 g/mol. The standard InChI is InChI=1S/C11H16N2O4S/c1-18(16,17)13-10-6-4-9(5-7-10)12-11(15)3-2-8-14/h4-7,13-14H,2-3,8H2,1H3,(H,12,15). The van der Waals surface area contributed by atoms with Crippen molar-refractivity contribution in [1.82, 2.24) is 0 Å². The summed E-state index contributed by atoms with van der Waals surface area (Å²) in [5.41, 5.74) is 1.02. The molecule has 0 saturated heterocycles. The highest BCUT2D eigenvalue weighted by Gasteiger charge is 2.03. The second-order valence-electron chi connectivity index (χ2n) is 3.83. The number of rotatable bonds is 6. The molecule has 0 aromatic heterocycles. The monoisotopic (exact) mass is 272 g/mol. The molecule has 0 heterocycles. The number of benzene rings is 1. The molecule has 0 aliphatic rings. The van der Waals surface area contributed by atoms with E-state index in [1.54, 1.807) is 24.3 Å². The molecule has 1 aromatic carbocycles. The van der Waals surface area contributed by atoms with Crippen molar-refractivity contribution in [2.75, 3.05) is 22.9 Å². The van der Waals surface area contributed by atoms with Crippen molar-refractivity contribution in [2.45, 2.75) is 12.8 Å². The van der Waals surface area contributed by atoms with Crippen molar-refractivity contribution in [3.63, 3.8) is 0 Å². The third-order valence-electron chi connectivity index (χ3n) is 2.03. The van der Waals surface area contributed by atoms with Crippen LogP contribution in [0.4, 0.5) is 11.4 Å². The van der Waals surface area contributed by atoms with Crippen molar-refractivity contribution < 1.29 is 18.3 Å². The van der Waals surface area contributed by atoms with Crippen LogP contribution in [0.25, 0.3) is 0 Å². The molecule has 0 radical (unpaired) electrons. The Bertz CT molecular complexity index is 496. The Morgan fingerprint density at radius 3 is 2.28 bits per heavy atom. The van der Waals surface area contributed by atoms with Gasteiger partial charge in [0.15, 0.2) is 0 Å². The number of nitrogens with one attached hydrogen (secondary N) is 2. The van der Waals surface area contributed by atoms with Crippen LogP contribution < -0.4 is 10.0 Å². The lowest BCUT2D eigenvalue weighted by Crippen LogP contribution is -2.12. The van der Waals surface area contributed by atoms with Gasteiger partial charge in [0.2, 0.25) is 15.9 Å². The molecule has 1 rings (SSSR count). The SMILES string of the molecule is CS(=O)(=O)Nc1ccc(NC(=O)CCCO)cc1. The van der Waals surface area contributed by atoms with E-state index >= 15 is 0 Å². The quantitative estimate of drug-likeness (QED) is 0.712. The Kier molecular flexibility index (Phi) is 5.11. The molecule has 7 heteroatoms. The van der Waals surface area contributed by atoms with Crippen LogP contribution in [0.2, 0.25) is 0 Å². The zero-order valence-corrected chi connectivity index (χ0v) is 10.8. The first-order valence-corrected chi connectivity index (χ1v) is 7.28. The van der Waals surface area contributed by atoms with E-state index < -0.39 is 10.0 Å². The third-order valence-corrected chi connectivity index (χ3v) is 2.64. The summed E-state index contributed by atoms with van der Waals surface area (Å²) in [6.45, 7) is -0.0232. The second-order valence-corrected chi connectivity index (χ2v) is 5.58. The molecule has 0 unspecified atom stereocenters. The van der Waals surface area contributed by atoms with Crippen LogP contribution in [-0.2, 0) is 14.8 Å². The molecule has 100 valence electrons. The zero-order chi connectivity index (χ0) is 13.6. The summed E-state index contributed by atoms with van der Waals surface area (Å²) in [5.74, 6) is -0.187. The molecular formula is C11H16N2O4S. The van der Waals surface area contributed by atoms with Gasteiger partial charge in [0.05, 0.1) is 6.26 Å². The lowest BCUT2D eigenvalue weighted by molar-refractivity contribution is -0.116. The topological polar surface area (TPSA) is 95.5 Å². The Hall–Kier alpha value is -1.60. The van der Waals surface area contributed by atoms with E-state index in [1.165, 1.54) is 0 Å². The van der Waals surface area contributed by atoms with Gasteiger partial charge in [-0.1, -0.05) is 0 Å². The van der Waals surface area contributed by atoms with Gasteiger partial charge in [-0.15, -0.1) is 0 Å². The van der Waals surface area contributed by atoms with E-state index in [9.17, 15) is 13.2 Å². The molecule has 3 N–H and O–H groups in total. The summed E-state index contributed by atoms with van der Waals surface area (Å²) in [6.07, 6.45) is 1.73. The maximum Gasteiger partial charge on any atom is 0.229 e. The molecule has 18 heavy (non-hydrogen) atoms. The van der Waals surface area contributed by atoms with Gasteiger partial charge in [-0.25, -0.2) is 8.42 Å².